The molecule has 172 valence electrons. The molecule has 0 saturated heterocycles. The van der Waals surface area contributed by atoms with Gasteiger partial charge in [0.1, 0.15) is 11.4 Å². The quantitative estimate of drug-likeness (QED) is 0.475. The highest BCUT2D eigenvalue weighted by atomic mass is 32.2. The summed E-state index contributed by atoms with van der Waals surface area (Å²) in [4.78, 5) is 0.118. The van der Waals surface area contributed by atoms with Crippen LogP contribution in [0.15, 0.2) is 77.7 Å². The van der Waals surface area contributed by atoms with Crippen LogP contribution < -0.4 is 18.5 Å². The van der Waals surface area contributed by atoms with Crippen LogP contribution in [0.4, 0.5) is 5.69 Å². The minimum atomic E-state index is -3.90. The summed E-state index contributed by atoms with van der Waals surface area (Å²) in [6.07, 6.45) is 4.01. The number of benzene rings is 3. The first-order valence-electron chi connectivity index (χ1n) is 10.5. The van der Waals surface area contributed by atoms with Gasteiger partial charge in [-0.25, -0.2) is 8.42 Å². The monoisotopic (exact) mass is 465 g/mol. The Balaban J connectivity index is 1.74. The van der Waals surface area contributed by atoms with Crippen molar-refractivity contribution in [3.63, 3.8) is 0 Å². The molecule has 0 atom stereocenters. The fourth-order valence-corrected chi connectivity index (χ4v) is 5.18. The summed E-state index contributed by atoms with van der Waals surface area (Å²) in [6, 6.07) is 19.4. The molecule has 1 aliphatic rings. The molecule has 3 aromatic rings. The summed E-state index contributed by atoms with van der Waals surface area (Å²) in [5.74, 6) is 1.60. The van der Waals surface area contributed by atoms with E-state index in [4.69, 9.17) is 14.2 Å². The predicted octanol–water partition coefficient (Wildman–Crippen LogP) is 5.28. The van der Waals surface area contributed by atoms with Gasteiger partial charge in [0.05, 0.1) is 31.3 Å². The Bertz CT molecular complexity index is 1280. The van der Waals surface area contributed by atoms with Gasteiger partial charge in [0.2, 0.25) is 0 Å². The molecule has 0 unspecified atom stereocenters. The molecular formula is C26H27NO5S. The van der Waals surface area contributed by atoms with E-state index >= 15 is 0 Å². The van der Waals surface area contributed by atoms with E-state index in [1.807, 2.05) is 62.4 Å². The van der Waals surface area contributed by atoms with Gasteiger partial charge in [0.15, 0.2) is 11.5 Å². The number of methoxy groups -OCH3 is 2. The molecule has 0 fully saturated rings. The fourth-order valence-electron chi connectivity index (χ4n) is 3.71. The Morgan fingerprint density at radius 1 is 0.909 bits per heavy atom. The lowest BCUT2D eigenvalue weighted by Crippen LogP contribution is -2.31. The Morgan fingerprint density at radius 2 is 1.64 bits per heavy atom. The molecular weight excluding hydrogens is 438 g/mol. The Labute approximate surface area is 195 Å². The molecule has 0 aromatic heterocycles. The van der Waals surface area contributed by atoms with E-state index in [1.54, 1.807) is 18.2 Å². The number of rotatable bonds is 7. The van der Waals surface area contributed by atoms with Crippen molar-refractivity contribution in [2.45, 2.75) is 30.9 Å². The van der Waals surface area contributed by atoms with E-state index in [1.165, 1.54) is 30.7 Å². The van der Waals surface area contributed by atoms with Gasteiger partial charge in [-0.1, -0.05) is 30.3 Å². The summed E-state index contributed by atoms with van der Waals surface area (Å²) >= 11 is 0. The normalized spacial score (nSPS) is 14.2. The van der Waals surface area contributed by atoms with E-state index < -0.39 is 10.0 Å². The number of hydrogen-bond acceptors (Lipinski definition) is 5. The van der Waals surface area contributed by atoms with Crippen LogP contribution in [-0.4, -0.2) is 28.2 Å². The number of sulfonamides is 1. The molecule has 3 aromatic carbocycles. The number of ether oxygens (including phenoxy) is 3. The van der Waals surface area contributed by atoms with Gasteiger partial charge in [-0.3, -0.25) is 4.31 Å². The second kappa shape index (κ2) is 8.83. The molecule has 0 spiro atoms. The average molecular weight is 466 g/mol. The number of hydrogen-bond donors (Lipinski definition) is 0. The largest absolute Gasteiger partial charge is 0.493 e. The Kier molecular flexibility index (Phi) is 6.08. The van der Waals surface area contributed by atoms with Gasteiger partial charge in [-0.05, 0) is 61.9 Å². The van der Waals surface area contributed by atoms with Gasteiger partial charge in [0, 0.05) is 11.6 Å². The van der Waals surface area contributed by atoms with Crippen molar-refractivity contribution in [1.29, 1.82) is 0 Å². The van der Waals surface area contributed by atoms with E-state index in [0.717, 1.165) is 16.9 Å². The average Bonchev–Trinajstić information content (AvgIpc) is 2.82. The van der Waals surface area contributed by atoms with Crippen LogP contribution in [0.1, 0.15) is 25.0 Å². The molecule has 0 amide bonds. The molecule has 33 heavy (non-hydrogen) atoms. The summed E-state index contributed by atoms with van der Waals surface area (Å²) in [5, 5.41) is 0. The van der Waals surface area contributed by atoms with Gasteiger partial charge in [0.25, 0.3) is 10.0 Å². The van der Waals surface area contributed by atoms with E-state index in [9.17, 15) is 8.42 Å². The molecule has 0 N–H and O–H groups in total. The first-order valence-corrected chi connectivity index (χ1v) is 12.0. The van der Waals surface area contributed by atoms with Gasteiger partial charge >= 0.3 is 0 Å². The van der Waals surface area contributed by atoms with Crippen molar-refractivity contribution in [2.24, 2.45) is 0 Å². The summed E-state index contributed by atoms with van der Waals surface area (Å²) < 4.78 is 45.5. The minimum Gasteiger partial charge on any atom is -0.493 e. The maximum Gasteiger partial charge on any atom is 0.264 e. The van der Waals surface area contributed by atoms with Crippen molar-refractivity contribution in [3.8, 4) is 17.2 Å². The molecule has 0 saturated carbocycles. The van der Waals surface area contributed by atoms with E-state index in [-0.39, 0.29) is 17.0 Å². The topological polar surface area (TPSA) is 65.1 Å². The molecule has 6 nitrogen and oxygen atoms in total. The van der Waals surface area contributed by atoms with Crippen LogP contribution in [0.2, 0.25) is 0 Å². The van der Waals surface area contributed by atoms with E-state index in [0.29, 0.717) is 17.2 Å². The third kappa shape index (κ3) is 4.68. The van der Waals surface area contributed by atoms with Crippen molar-refractivity contribution in [2.75, 3.05) is 18.5 Å². The highest BCUT2D eigenvalue weighted by Crippen LogP contribution is 2.35. The molecule has 0 bridgehead atoms. The van der Waals surface area contributed by atoms with Crippen molar-refractivity contribution in [3.05, 3.63) is 83.9 Å². The molecule has 7 heteroatoms. The number of anilines is 1. The van der Waals surface area contributed by atoms with Crippen molar-refractivity contribution in [1.82, 2.24) is 0 Å². The third-order valence-electron chi connectivity index (χ3n) is 5.42. The van der Waals surface area contributed by atoms with E-state index in [2.05, 4.69) is 0 Å². The molecule has 0 radical (unpaired) electrons. The van der Waals surface area contributed by atoms with Crippen LogP contribution in [0.25, 0.3) is 6.08 Å². The van der Waals surface area contributed by atoms with Gasteiger partial charge in [-0.15, -0.1) is 0 Å². The molecule has 1 aliphatic heterocycles. The fraction of sp³-hybridized carbons (Fsp3) is 0.231. The highest BCUT2D eigenvalue weighted by molar-refractivity contribution is 7.92. The lowest BCUT2D eigenvalue weighted by molar-refractivity contribution is 0.159. The Morgan fingerprint density at radius 3 is 2.33 bits per heavy atom. The predicted molar refractivity (Wildman–Crippen MR) is 130 cm³/mol. The number of fused-ring (bicyclic) bond motifs is 1. The molecule has 0 aliphatic carbocycles. The standard InChI is InChI=1S/C26H27NO5S/c1-26(2)15-14-20-16-19(10-12-23(20)32-26)18-27(21-8-6-5-7-9-21)33(28,29)22-11-13-24(30-3)25(17-22)31-4/h5-17H,18H2,1-4H3. The molecule has 4 rings (SSSR count). The number of nitrogens with zero attached hydrogens (tertiary/aromatic N) is 1. The maximum atomic E-state index is 13.8. The minimum absolute atomic E-state index is 0.118. The third-order valence-corrected chi connectivity index (χ3v) is 7.19. The lowest BCUT2D eigenvalue weighted by Gasteiger charge is -2.29. The van der Waals surface area contributed by atoms with Gasteiger partial charge in [-0.2, -0.15) is 0 Å². The smallest absolute Gasteiger partial charge is 0.264 e. The Hall–Kier alpha value is -3.45. The van der Waals surface area contributed by atoms with Crippen LogP contribution >= 0.6 is 0 Å². The zero-order chi connectivity index (χ0) is 23.6. The SMILES string of the molecule is COc1ccc(S(=O)(=O)N(Cc2ccc3c(c2)C=CC(C)(C)O3)c2ccccc2)cc1OC. The first-order chi connectivity index (χ1) is 15.7. The van der Waals surface area contributed by atoms with Crippen LogP contribution in [0, 0.1) is 0 Å². The molecule has 1 heterocycles. The van der Waals surface area contributed by atoms with Crippen molar-refractivity contribution < 1.29 is 22.6 Å². The summed E-state index contributed by atoms with van der Waals surface area (Å²) in [7, 11) is -0.910. The first kappa shape index (κ1) is 22.7. The van der Waals surface area contributed by atoms with Crippen molar-refractivity contribution >= 4 is 21.8 Å². The number of para-hydroxylation sites is 1. The summed E-state index contributed by atoms with van der Waals surface area (Å²) in [5.41, 5.74) is 1.96. The lowest BCUT2D eigenvalue weighted by atomic mass is 10.0. The second-order valence-electron chi connectivity index (χ2n) is 8.28. The van der Waals surface area contributed by atoms with Crippen LogP contribution in [-0.2, 0) is 16.6 Å². The summed E-state index contributed by atoms with van der Waals surface area (Å²) in [6.45, 7) is 4.14. The van der Waals surface area contributed by atoms with Crippen LogP contribution in [0.3, 0.4) is 0 Å². The van der Waals surface area contributed by atoms with Gasteiger partial charge < -0.3 is 14.2 Å². The second-order valence-corrected chi connectivity index (χ2v) is 10.1. The zero-order valence-corrected chi connectivity index (χ0v) is 19.9. The zero-order valence-electron chi connectivity index (χ0n) is 19.1. The van der Waals surface area contributed by atoms with Crippen LogP contribution in [0.5, 0.6) is 17.2 Å². The highest BCUT2D eigenvalue weighted by Gasteiger charge is 2.27. The maximum absolute atomic E-state index is 13.8.